The molecule has 0 aliphatic carbocycles. The predicted octanol–water partition coefficient (Wildman–Crippen LogP) is 2.35. The lowest BCUT2D eigenvalue weighted by atomic mass is 10.0. The SMILES string of the molecule is CC(C)c1ccc2onnc2c1. The standard InChI is InChI=1S/C9H10N2O/c1-6(2)7-3-4-9-8(5-7)10-11-12-9/h3-6H,1-2H3. The first-order valence-electron chi connectivity index (χ1n) is 3.99. The van der Waals surface area contributed by atoms with E-state index in [1.165, 1.54) is 5.56 Å². The molecule has 0 saturated heterocycles. The summed E-state index contributed by atoms with van der Waals surface area (Å²) in [6.45, 7) is 4.29. The second-order valence-electron chi connectivity index (χ2n) is 3.15. The zero-order valence-electron chi connectivity index (χ0n) is 7.11. The highest BCUT2D eigenvalue weighted by atomic mass is 16.5. The Morgan fingerprint density at radius 1 is 1.33 bits per heavy atom. The molecule has 2 rings (SSSR count). The normalized spacial score (nSPS) is 11.2. The molecule has 0 atom stereocenters. The highest BCUT2D eigenvalue weighted by Gasteiger charge is 2.03. The fraction of sp³-hybridized carbons (Fsp3) is 0.333. The van der Waals surface area contributed by atoms with Crippen LogP contribution in [0.1, 0.15) is 25.3 Å². The van der Waals surface area contributed by atoms with Gasteiger partial charge in [-0.3, -0.25) is 0 Å². The summed E-state index contributed by atoms with van der Waals surface area (Å²) in [4.78, 5) is 0. The van der Waals surface area contributed by atoms with Gasteiger partial charge in [-0.25, -0.2) is 0 Å². The number of hydrogen-bond donors (Lipinski definition) is 0. The molecule has 0 radical (unpaired) electrons. The molecule has 3 heteroatoms. The number of rotatable bonds is 1. The summed E-state index contributed by atoms with van der Waals surface area (Å²) in [7, 11) is 0. The van der Waals surface area contributed by atoms with Crippen molar-refractivity contribution in [3.63, 3.8) is 0 Å². The lowest BCUT2D eigenvalue weighted by Gasteiger charge is -2.02. The lowest BCUT2D eigenvalue weighted by Crippen LogP contribution is -1.85. The van der Waals surface area contributed by atoms with Crippen molar-refractivity contribution in [2.45, 2.75) is 19.8 Å². The second-order valence-corrected chi connectivity index (χ2v) is 3.15. The van der Waals surface area contributed by atoms with Crippen LogP contribution in [-0.4, -0.2) is 10.4 Å². The molecule has 0 aliphatic heterocycles. The van der Waals surface area contributed by atoms with Crippen LogP contribution in [0.5, 0.6) is 0 Å². The Balaban J connectivity index is 2.60. The number of fused-ring (bicyclic) bond motifs is 1. The average Bonchev–Trinajstić information content (AvgIpc) is 2.49. The van der Waals surface area contributed by atoms with Crippen LogP contribution in [-0.2, 0) is 0 Å². The van der Waals surface area contributed by atoms with E-state index in [2.05, 4.69) is 24.2 Å². The number of aromatic nitrogens is 2. The zero-order valence-corrected chi connectivity index (χ0v) is 7.11. The van der Waals surface area contributed by atoms with Crippen molar-refractivity contribution in [3.05, 3.63) is 23.8 Å². The van der Waals surface area contributed by atoms with Gasteiger partial charge >= 0.3 is 0 Å². The van der Waals surface area contributed by atoms with Gasteiger partial charge in [0, 0.05) is 5.27 Å². The highest BCUT2D eigenvalue weighted by Crippen LogP contribution is 2.18. The molecule has 12 heavy (non-hydrogen) atoms. The van der Waals surface area contributed by atoms with Crippen LogP contribution in [0.3, 0.4) is 0 Å². The van der Waals surface area contributed by atoms with E-state index in [0.29, 0.717) is 5.92 Å². The maximum atomic E-state index is 4.89. The summed E-state index contributed by atoms with van der Waals surface area (Å²) in [6, 6.07) is 5.96. The fourth-order valence-corrected chi connectivity index (χ4v) is 1.16. The van der Waals surface area contributed by atoms with Crippen molar-refractivity contribution >= 4 is 11.1 Å². The molecule has 62 valence electrons. The van der Waals surface area contributed by atoms with E-state index in [0.717, 1.165) is 11.1 Å². The molecule has 1 aromatic heterocycles. The summed E-state index contributed by atoms with van der Waals surface area (Å²) in [5.74, 6) is 0.520. The van der Waals surface area contributed by atoms with Gasteiger partial charge in [0.05, 0.1) is 0 Å². The van der Waals surface area contributed by atoms with Crippen molar-refractivity contribution in [2.24, 2.45) is 0 Å². The molecule has 1 aromatic carbocycles. The first-order valence-corrected chi connectivity index (χ1v) is 3.99. The Morgan fingerprint density at radius 2 is 2.17 bits per heavy atom. The van der Waals surface area contributed by atoms with Gasteiger partial charge in [0.15, 0.2) is 5.58 Å². The molecule has 0 unspecified atom stereocenters. The average molecular weight is 162 g/mol. The lowest BCUT2D eigenvalue weighted by molar-refractivity contribution is 0.424. The minimum Gasteiger partial charge on any atom is -0.337 e. The maximum Gasteiger partial charge on any atom is 0.187 e. The van der Waals surface area contributed by atoms with E-state index in [-0.39, 0.29) is 0 Å². The second kappa shape index (κ2) is 2.59. The third kappa shape index (κ3) is 1.07. The molecular weight excluding hydrogens is 152 g/mol. The van der Waals surface area contributed by atoms with Gasteiger partial charge in [-0.2, -0.15) is 0 Å². The molecule has 2 aromatic rings. The molecule has 0 fully saturated rings. The van der Waals surface area contributed by atoms with Crippen LogP contribution >= 0.6 is 0 Å². The molecule has 1 heterocycles. The number of benzene rings is 1. The summed E-state index contributed by atoms with van der Waals surface area (Å²) in [6.07, 6.45) is 0. The third-order valence-electron chi connectivity index (χ3n) is 1.94. The van der Waals surface area contributed by atoms with Gasteiger partial charge in [-0.15, -0.1) is 5.10 Å². The summed E-state index contributed by atoms with van der Waals surface area (Å²) < 4.78 is 4.89. The monoisotopic (exact) mass is 162 g/mol. The topological polar surface area (TPSA) is 38.9 Å². The van der Waals surface area contributed by atoms with Crippen molar-refractivity contribution in [3.8, 4) is 0 Å². The van der Waals surface area contributed by atoms with Crippen molar-refractivity contribution in [1.82, 2.24) is 10.4 Å². The minimum absolute atomic E-state index is 0.520. The molecule has 0 saturated carbocycles. The summed E-state index contributed by atoms with van der Waals surface area (Å²) in [5.41, 5.74) is 2.85. The van der Waals surface area contributed by atoms with Crippen LogP contribution < -0.4 is 0 Å². The summed E-state index contributed by atoms with van der Waals surface area (Å²) in [5, 5.41) is 7.32. The van der Waals surface area contributed by atoms with Gasteiger partial charge in [0.25, 0.3) is 0 Å². The van der Waals surface area contributed by atoms with Crippen LogP contribution in [0.2, 0.25) is 0 Å². The Hall–Kier alpha value is -1.38. The van der Waals surface area contributed by atoms with E-state index in [4.69, 9.17) is 4.52 Å². The number of hydrogen-bond acceptors (Lipinski definition) is 3. The Morgan fingerprint density at radius 3 is 2.92 bits per heavy atom. The van der Waals surface area contributed by atoms with E-state index < -0.39 is 0 Å². The molecule has 0 aliphatic rings. The zero-order chi connectivity index (χ0) is 8.55. The van der Waals surface area contributed by atoms with Gasteiger partial charge in [-0.1, -0.05) is 19.9 Å². The van der Waals surface area contributed by atoms with Gasteiger partial charge in [0.1, 0.15) is 5.52 Å². The quantitative estimate of drug-likeness (QED) is 0.646. The first kappa shape index (κ1) is 7.28. The van der Waals surface area contributed by atoms with E-state index in [1.807, 2.05) is 18.2 Å². The number of nitrogens with zero attached hydrogens (tertiary/aromatic N) is 2. The maximum absolute atomic E-state index is 4.89. The Bertz CT molecular complexity index is 392. The predicted molar refractivity (Wildman–Crippen MR) is 45.9 cm³/mol. The van der Waals surface area contributed by atoms with Crippen molar-refractivity contribution < 1.29 is 4.52 Å². The van der Waals surface area contributed by atoms with Crippen molar-refractivity contribution in [1.29, 1.82) is 0 Å². The highest BCUT2D eigenvalue weighted by molar-refractivity contribution is 5.72. The third-order valence-corrected chi connectivity index (χ3v) is 1.94. The van der Waals surface area contributed by atoms with Gasteiger partial charge in [0.2, 0.25) is 0 Å². The molecule has 0 bridgehead atoms. The van der Waals surface area contributed by atoms with Gasteiger partial charge in [-0.05, 0) is 23.6 Å². The van der Waals surface area contributed by atoms with Gasteiger partial charge < -0.3 is 4.52 Å². The van der Waals surface area contributed by atoms with Crippen molar-refractivity contribution in [2.75, 3.05) is 0 Å². The summed E-state index contributed by atoms with van der Waals surface area (Å²) >= 11 is 0. The van der Waals surface area contributed by atoms with Crippen LogP contribution in [0.15, 0.2) is 22.7 Å². The molecule has 3 nitrogen and oxygen atoms in total. The van der Waals surface area contributed by atoms with E-state index in [1.54, 1.807) is 0 Å². The Labute approximate surface area is 70.4 Å². The Kier molecular flexibility index (Phi) is 1.57. The largest absolute Gasteiger partial charge is 0.337 e. The van der Waals surface area contributed by atoms with E-state index >= 15 is 0 Å². The molecule has 0 amide bonds. The molecule has 0 spiro atoms. The molecular formula is C9H10N2O. The van der Waals surface area contributed by atoms with Crippen LogP contribution in [0, 0.1) is 0 Å². The fourth-order valence-electron chi connectivity index (χ4n) is 1.16. The van der Waals surface area contributed by atoms with Crippen LogP contribution in [0.4, 0.5) is 0 Å². The minimum atomic E-state index is 0.520. The van der Waals surface area contributed by atoms with E-state index in [9.17, 15) is 0 Å². The van der Waals surface area contributed by atoms with Crippen LogP contribution in [0.25, 0.3) is 11.1 Å². The first-order chi connectivity index (χ1) is 5.77. The smallest absolute Gasteiger partial charge is 0.187 e. The molecule has 0 N–H and O–H groups in total.